The van der Waals surface area contributed by atoms with Gasteiger partial charge in [-0.1, -0.05) is 18.2 Å². The number of benzene rings is 1. The number of carbonyl (C=O) groups is 1. The molecule has 0 saturated carbocycles. The van der Waals surface area contributed by atoms with Gasteiger partial charge < -0.3 is 10.2 Å². The fourth-order valence-corrected chi connectivity index (χ4v) is 2.67. The third-order valence-corrected chi connectivity index (χ3v) is 3.86. The van der Waals surface area contributed by atoms with E-state index in [2.05, 4.69) is 15.3 Å². The summed E-state index contributed by atoms with van der Waals surface area (Å²) in [4.78, 5) is 23.0. The van der Waals surface area contributed by atoms with E-state index in [-0.39, 0.29) is 5.91 Å². The first-order valence-corrected chi connectivity index (χ1v) is 7.61. The Morgan fingerprint density at radius 3 is 2.59 bits per heavy atom. The predicted molar refractivity (Wildman–Crippen MR) is 86.4 cm³/mol. The van der Waals surface area contributed by atoms with E-state index >= 15 is 0 Å². The third-order valence-electron chi connectivity index (χ3n) is 3.86. The van der Waals surface area contributed by atoms with E-state index in [0.29, 0.717) is 17.3 Å². The van der Waals surface area contributed by atoms with E-state index in [9.17, 15) is 4.79 Å². The van der Waals surface area contributed by atoms with Gasteiger partial charge in [0.15, 0.2) is 0 Å². The number of hydrogen-bond acceptors (Lipinski definition) is 4. The number of nitrogens with one attached hydrogen (secondary N) is 1. The molecule has 0 spiro atoms. The molecular formula is C17H20N4O. The van der Waals surface area contributed by atoms with Gasteiger partial charge in [-0.15, -0.1) is 0 Å². The minimum atomic E-state index is -0.00386. The van der Waals surface area contributed by atoms with Gasteiger partial charge in [0, 0.05) is 24.8 Å². The highest BCUT2D eigenvalue weighted by Gasteiger charge is 2.21. The largest absolute Gasteiger partial charge is 0.340 e. The lowest BCUT2D eigenvalue weighted by molar-refractivity contribution is 0.0786. The monoisotopic (exact) mass is 296 g/mol. The molecule has 114 valence electrons. The zero-order valence-electron chi connectivity index (χ0n) is 13.0. The third kappa shape index (κ3) is 3.08. The number of anilines is 2. The normalized spacial score (nSPS) is 14.2. The second-order valence-electron chi connectivity index (χ2n) is 5.62. The van der Waals surface area contributed by atoms with Crippen molar-refractivity contribution in [1.82, 2.24) is 14.9 Å². The number of nitrogens with zero attached hydrogens (tertiary/aromatic N) is 3. The van der Waals surface area contributed by atoms with Crippen LogP contribution in [0.5, 0.6) is 0 Å². The molecule has 1 amide bonds. The Labute approximate surface area is 130 Å². The Bertz CT molecular complexity index is 693. The van der Waals surface area contributed by atoms with E-state index in [0.717, 1.165) is 37.2 Å². The lowest BCUT2D eigenvalue weighted by Crippen LogP contribution is -2.28. The van der Waals surface area contributed by atoms with Crippen LogP contribution < -0.4 is 5.32 Å². The van der Waals surface area contributed by atoms with Crippen LogP contribution in [0.1, 0.15) is 34.7 Å². The van der Waals surface area contributed by atoms with Crippen molar-refractivity contribution in [3.8, 4) is 0 Å². The zero-order chi connectivity index (χ0) is 15.5. The lowest BCUT2D eigenvalue weighted by Gasteiger charge is -2.16. The standard InChI is InChI=1S/C17H20N4O/c1-12-7-3-4-8-14(12)20-16-11-15(18-13(2)19-16)17(22)21-9-5-6-10-21/h3-4,7-8,11H,5-6,9-10H2,1-2H3,(H,18,19,20). The van der Waals surface area contributed by atoms with Crippen molar-refractivity contribution in [3.63, 3.8) is 0 Å². The average molecular weight is 296 g/mol. The van der Waals surface area contributed by atoms with Crippen LogP contribution in [0.4, 0.5) is 11.5 Å². The number of carbonyl (C=O) groups excluding carboxylic acids is 1. The summed E-state index contributed by atoms with van der Waals surface area (Å²) in [6.07, 6.45) is 2.15. The van der Waals surface area contributed by atoms with Crippen LogP contribution in [-0.4, -0.2) is 33.9 Å². The van der Waals surface area contributed by atoms with Gasteiger partial charge in [-0.25, -0.2) is 9.97 Å². The topological polar surface area (TPSA) is 58.1 Å². The van der Waals surface area contributed by atoms with Crippen molar-refractivity contribution >= 4 is 17.4 Å². The minimum Gasteiger partial charge on any atom is -0.340 e. The number of rotatable bonds is 3. The summed E-state index contributed by atoms with van der Waals surface area (Å²) in [6, 6.07) is 9.73. The molecule has 0 aliphatic carbocycles. The van der Waals surface area contributed by atoms with Crippen LogP contribution in [0.2, 0.25) is 0 Å². The molecule has 1 aromatic carbocycles. The molecule has 0 atom stereocenters. The SMILES string of the molecule is Cc1nc(Nc2ccccc2C)cc(C(=O)N2CCCC2)n1. The van der Waals surface area contributed by atoms with E-state index in [4.69, 9.17) is 0 Å². The van der Waals surface area contributed by atoms with Crippen molar-refractivity contribution < 1.29 is 4.79 Å². The maximum Gasteiger partial charge on any atom is 0.272 e. The first-order valence-electron chi connectivity index (χ1n) is 7.61. The zero-order valence-corrected chi connectivity index (χ0v) is 13.0. The number of aromatic nitrogens is 2. The van der Waals surface area contributed by atoms with Crippen molar-refractivity contribution in [3.05, 3.63) is 47.4 Å². The fraction of sp³-hybridized carbons (Fsp3) is 0.353. The molecule has 0 bridgehead atoms. The quantitative estimate of drug-likeness (QED) is 0.945. The maximum absolute atomic E-state index is 12.5. The second-order valence-corrected chi connectivity index (χ2v) is 5.62. The number of amides is 1. The first-order chi connectivity index (χ1) is 10.6. The molecular weight excluding hydrogens is 276 g/mol. The van der Waals surface area contributed by atoms with Crippen LogP contribution >= 0.6 is 0 Å². The smallest absolute Gasteiger partial charge is 0.272 e. The summed E-state index contributed by atoms with van der Waals surface area (Å²) < 4.78 is 0. The number of para-hydroxylation sites is 1. The maximum atomic E-state index is 12.5. The molecule has 3 rings (SSSR count). The van der Waals surface area contributed by atoms with Crippen molar-refractivity contribution in [1.29, 1.82) is 0 Å². The van der Waals surface area contributed by atoms with Crippen LogP contribution in [0.3, 0.4) is 0 Å². The Kier molecular flexibility index (Phi) is 4.04. The molecule has 1 fully saturated rings. The van der Waals surface area contributed by atoms with Gasteiger partial charge in [0.1, 0.15) is 17.3 Å². The van der Waals surface area contributed by atoms with Gasteiger partial charge >= 0.3 is 0 Å². The van der Waals surface area contributed by atoms with Crippen molar-refractivity contribution in [2.45, 2.75) is 26.7 Å². The van der Waals surface area contributed by atoms with E-state index in [1.54, 1.807) is 6.07 Å². The predicted octanol–water partition coefficient (Wildman–Crippen LogP) is 3.07. The van der Waals surface area contributed by atoms with Crippen LogP contribution in [0.25, 0.3) is 0 Å². The summed E-state index contributed by atoms with van der Waals surface area (Å²) in [5, 5.41) is 3.28. The van der Waals surface area contributed by atoms with Gasteiger partial charge in [0.25, 0.3) is 5.91 Å². The van der Waals surface area contributed by atoms with E-state index in [1.165, 1.54) is 0 Å². The van der Waals surface area contributed by atoms with E-state index < -0.39 is 0 Å². The van der Waals surface area contributed by atoms with Gasteiger partial charge in [0.05, 0.1) is 0 Å². The summed E-state index contributed by atoms with van der Waals surface area (Å²) in [7, 11) is 0. The summed E-state index contributed by atoms with van der Waals surface area (Å²) in [6.45, 7) is 5.49. The molecule has 5 heteroatoms. The Morgan fingerprint density at radius 1 is 1.14 bits per heavy atom. The van der Waals surface area contributed by atoms with Crippen LogP contribution in [-0.2, 0) is 0 Å². The highest BCUT2D eigenvalue weighted by atomic mass is 16.2. The molecule has 1 saturated heterocycles. The van der Waals surface area contributed by atoms with Gasteiger partial charge in [-0.05, 0) is 38.3 Å². The molecule has 5 nitrogen and oxygen atoms in total. The van der Waals surface area contributed by atoms with Gasteiger partial charge in [-0.2, -0.15) is 0 Å². The number of likely N-dealkylation sites (tertiary alicyclic amines) is 1. The Morgan fingerprint density at radius 2 is 1.86 bits per heavy atom. The molecule has 2 heterocycles. The van der Waals surface area contributed by atoms with E-state index in [1.807, 2.05) is 43.0 Å². The molecule has 0 unspecified atom stereocenters. The highest BCUT2D eigenvalue weighted by molar-refractivity contribution is 5.93. The summed E-state index contributed by atoms with van der Waals surface area (Å²) in [5.41, 5.74) is 2.58. The van der Waals surface area contributed by atoms with Crippen molar-refractivity contribution in [2.75, 3.05) is 18.4 Å². The number of hydrogen-bond donors (Lipinski definition) is 1. The molecule has 1 aliphatic heterocycles. The molecule has 1 N–H and O–H groups in total. The minimum absolute atomic E-state index is 0.00386. The molecule has 0 radical (unpaired) electrons. The number of aryl methyl sites for hydroxylation is 2. The van der Waals surface area contributed by atoms with Gasteiger partial charge in [-0.3, -0.25) is 4.79 Å². The van der Waals surface area contributed by atoms with Gasteiger partial charge in [0.2, 0.25) is 0 Å². The Balaban J connectivity index is 1.86. The van der Waals surface area contributed by atoms with Crippen LogP contribution in [0.15, 0.2) is 30.3 Å². The molecule has 2 aromatic rings. The second kappa shape index (κ2) is 6.13. The molecule has 22 heavy (non-hydrogen) atoms. The first kappa shape index (κ1) is 14.5. The summed E-state index contributed by atoms with van der Waals surface area (Å²) >= 11 is 0. The molecule has 1 aromatic heterocycles. The highest BCUT2D eigenvalue weighted by Crippen LogP contribution is 2.20. The van der Waals surface area contributed by atoms with Crippen molar-refractivity contribution in [2.24, 2.45) is 0 Å². The Hall–Kier alpha value is -2.43. The summed E-state index contributed by atoms with van der Waals surface area (Å²) in [5.74, 6) is 1.25. The van der Waals surface area contributed by atoms with Crippen LogP contribution in [0, 0.1) is 13.8 Å². The fourth-order valence-electron chi connectivity index (χ4n) is 2.67. The average Bonchev–Trinajstić information content (AvgIpc) is 3.02. The lowest BCUT2D eigenvalue weighted by atomic mass is 10.2. The molecule has 1 aliphatic rings.